The Morgan fingerprint density at radius 2 is 1.85 bits per heavy atom. The van der Waals surface area contributed by atoms with Gasteiger partial charge in [-0.1, -0.05) is 39.0 Å². The number of hydrogen-bond donors (Lipinski definition) is 0. The van der Waals surface area contributed by atoms with E-state index in [2.05, 4.69) is 64.9 Å². The van der Waals surface area contributed by atoms with Crippen molar-refractivity contribution < 1.29 is 13.2 Å². The van der Waals surface area contributed by atoms with Crippen molar-refractivity contribution in [2.45, 2.75) is 51.9 Å². The van der Waals surface area contributed by atoms with E-state index in [1.54, 1.807) is 7.05 Å². The van der Waals surface area contributed by atoms with Crippen LogP contribution in [0, 0.1) is 0 Å². The highest BCUT2D eigenvalue weighted by Crippen LogP contribution is 2.36. The van der Waals surface area contributed by atoms with Crippen molar-refractivity contribution in [2.24, 2.45) is 7.05 Å². The molecule has 7 heteroatoms. The maximum absolute atomic E-state index is 13.0. The van der Waals surface area contributed by atoms with E-state index < -0.39 is 11.9 Å². The van der Waals surface area contributed by atoms with Crippen LogP contribution in [0.4, 0.5) is 13.2 Å². The summed E-state index contributed by atoms with van der Waals surface area (Å²) in [6.45, 7) is 8.57. The molecule has 3 rings (SSSR count). The fourth-order valence-electron chi connectivity index (χ4n) is 3.31. The molecule has 0 saturated heterocycles. The second-order valence-electron chi connectivity index (χ2n) is 7.92. The molecule has 0 radical (unpaired) electrons. The molecule has 0 N–H and O–H groups in total. The predicted octanol–water partition coefficient (Wildman–Crippen LogP) is 5.06. The summed E-state index contributed by atoms with van der Waals surface area (Å²) in [6.07, 6.45) is -3.55. The van der Waals surface area contributed by atoms with E-state index in [1.807, 2.05) is 0 Å². The summed E-state index contributed by atoms with van der Waals surface area (Å²) >= 11 is 3.10. The minimum absolute atomic E-state index is 0.0429. The maximum Gasteiger partial charge on any atom is 0.436 e. The van der Waals surface area contributed by atoms with Crippen molar-refractivity contribution in [1.29, 1.82) is 0 Å². The zero-order valence-electron chi connectivity index (χ0n) is 15.4. The normalized spacial score (nSPS) is 16.0. The van der Waals surface area contributed by atoms with Gasteiger partial charge in [0.1, 0.15) is 0 Å². The van der Waals surface area contributed by atoms with Crippen LogP contribution in [0.2, 0.25) is 0 Å². The minimum atomic E-state index is -4.45. The Balaban J connectivity index is 1.80. The summed E-state index contributed by atoms with van der Waals surface area (Å²) < 4.78 is 40.5. The van der Waals surface area contributed by atoms with Gasteiger partial charge in [-0.3, -0.25) is 9.58 Å². The zero-order chi connectivity index (χ0) is 19.3. The lowest BCUT2D eigenvalue weighted by Gasteiger charge is -2.30. The number of halogens is 4. The first-order valence-corrected chi connectivity index (χ1v) is 9.39. The molecule has 0 saturated carbocycles. The second kappa shape index (κ2) is 6.68. The summed E-state index contributed by atoms with van der Waals surface area (Å²) in [5, 5.41) is 3.65. The van der Waals surface area contributed by atoms with E-state index in [4.69, 9.17) is 0 Å². The van der Waals surface area contributed by atoms with E-state index in [-0.39, 0.29) is 9.89 Å². The fourth-order valence-corrected chi connectivity index (χ4v) is 4.00. The molecule has 1 aromatic carbocycles. The highest BCUT2D eigenvalue weighted by atomic mass is 79.9. The molecule has 0 fully saturated rings. The van der Waals surface area contributed by atoms with Crippen molar-refractivity contribution in [3.8, 4) is 0 Å². The lowest BCUT2D eigenvalue weighted by molar-refractivity contribution is -0.142. The van der Waals surface area contributed by atoms with E-state index in [9.17, 15) is 13.2 Å². The van der Waals surface area contributed by atoms with Crippen molar-refractivity contribution in [3.05, 3.63) is 50.8 Å². The Hall–Kier alpha value is -1.34. The van der Waals surface area contributed by atoms with E-state index in [0.717, 1.165) is 19.5 Å². The maximum atomic E-state index is 13.0. The minimum Gasteiger partial charge on any atom is -0.293 e. The number of rotatable bonds is 2. The second-order valence-corrected chi connectivity index (χ2v) is 8.72. The number of hydrogen-bond acceptors (Lipinski definition) is 2. The SMILES string of the molecule is Cn1nc(C(F)(F)F)c(Br)c1CN1CCc2cc(C(C)(C)C)ccc2C1. The largest absolute Gasteiger partial charge is 0.436 e. The molecule has 0 bridgehead atoms. The van der Waals surface area contributed by atoms with Gasteiger partial charge in [-0.05, 0) is 44.5 Å². The number of nitrogens with zero attached hydrogens (tertiary/aromatic N) is 3. The number of aromatic nitrogens is 2. The zero-order valence-corrected chi connectivity index (χ0v) is 17.0. The third-order valence-corrected chi connectivity index (χ3v) is 5.74. The first-order chi connectivity index (χ1) is 12.0. The first kappa shape index (κ1) is 19.4. The average molecular weight is 430 g/mol. The molecule has 0 unspecified atom stereocenters. The fraction of sp³-hybridized carbons (Fsp3) is 0.526. The van der Waals surface area contributed by atoms with Crippen molar-refractivity contribution >= 4 is 15.9 Å². The summed E-state index contributed by atoms with van der Waals surface area (Å²) in [5.74, 6) is 0. The van der Waals surface area contributed by atoms with Gasteiger partial charge >= 0.3 is 6.18 Å². The molecule has 0 atom stereocenters. The Bertz CT molecular complexity index is 819. The molecule has 142 valence electrons. The molecule has 2 heterocycles. The Labute approximate surface area is 160 Å². The molecule has 2 aromatic rings. The molecular weight excluding hydrogens is 407 g/mol. The molecule has 0 spiro atoms. The van der Waals surface area contributed by atoms with Crippen molar-refractivity contribution in [2.75, 3.05) is 6.54 Å². The van der Waals surface area contributed by atoms with Crippen molar-refractivity contribution in [1.82, 2.24) is 14.7 Å². The van der Waals surface area contributed by atoms with Gasteiger partial charge in [-0.2, -0.15) is 18.3 Å². The number of aryl methyl sites for hydroxylation is 1. The van der Waals surface area contributed by atoms with Crippen LogP contribution >= 0.6 is 15.9 Å². The molecule has 1 aliphatic heterocycles. The van der Waals surface area contributed by atoms with Gasteiger partial charge in [0.05, 0.1) is 10.2 Å². The quantitative estimate of drug-likeness (QED) is 0.665. The molecule has 0 aliphatic carbocycles. The summed E-state index contributed by atoms with van der Waals surface area (Å²) in [4.78, 5) is 2.17. The van der Waals surface area contributed by atoms with Crippen LogP contribution in [-0.2, 0) is 38.1 Å². The topological polar surface area (TPSA) is 21.1 Å². The van der Waals surface area contributed by atoms with Gasteiger partial charge in [0, 0.05) is 26.7 Å². The highest BCUT2D eigenvalue weighted by Gasteiger charge is 2.38. The first-order valence-electron chi connectivity index (χ1n) is 8.60. The van der Waals surface area contributed by atoms with Gasteiger partial charge in [-0.25, -0.2) is 0 Å². The smallest absolute Gasteiger partial charge is 0.293 e. The molecule has 0 amide bonds. The number of alkyl halides is 3. The highest BCUT2D eigenvalue weighted by molar-refractivity contribution is 9.10. The van der Waals surface area contributed by atoms with Gasteiger partial charge < -0.3 is 0 Å². The van der Waals surface area contributed by atoms with Gasteiger partial charge in [0.15, 0.2) is 5.69 Å². The monoisotopic (exact) mass is 429 g/mol. The van der Waals surface area contributed by atoms with Crippen LogP contribution in [0.25, 0.3) is 0 Å². The van der Waals surface area contributed by atoms with Crippen LogP contribution in [0.3, 0.4) is 0 Å². The Morgan fingerprint density at radius 1 is 1.15 bits per heavy atom. The van der Waals surface area contributed by atoms with E-state index >= 15 is 0 Å². The molecular formula is C19H23BrF3N3. The van der Waals surface area contributed by atoms with Gasteiger partial charge in [0.2, 0.25) is 0 Å². The lowest BCUT2D eigenvalue weighted by Crippen LogP contribution is -2.31. The number of fused-ring (bicyclic) bond motifs is 1. The summed E-state index contributed by atoms with van der Waals surface area (Å²) in [6, 6.07) is 6.58. The summed E-state index contributed by atoms with van der Waals surface area (Å²) in [5.41, 5.74) is 3.70. The van der Waals surface area contributed by atoms with Crippen LogP contribution < -0.4 is 0 Å². The van der Waals surface area contributed by atoms with Crippen molar-refractivity contribution in [3.63, 3.8) is 0 Å². The third kappa shape index (κ3) is 3.83. The molecule has 26 heavy (non-hydrogen) atoms. The number of benzene rings is 1. The van der Waals surface area contributed by atoms with Crippen LogP contribution in [-0.4, -0.2) is 21.2 Å². The van der Waals surface area contributed by atoms with Crippen LogP contribution in [0.15, 0.2) is 22.7 Å². The van der Waals surface area contributed by atoms with Gasteiger partial charge in [0.25, 0.3) is 0 Å². The molecule has 1 aliphatic rings. The van der Waals surface area contributed by atoms with E-state index in [0.29, 0.717) is 12.2 Å². The van der Waals surface area contributed by atoms with E-state index in [1.165, 1.54) is 21.4 Å². The Kier molecular flexibility index (Phi) is 4.99. The van der Waals surface area contributed by atoms with Gasteiger partial charge in [-0.15, -0.1) is 0 Å². The average Bonchev–Trinajstić information content (AvgIpc) is 2.81. The molecule has 1 aromatic heterocycles. The Morgan fingerprint density at radius 3 is 2.42 bits per heavy atom. The van der Waals surface area contributed by atoms with Crippen LogP contribution in [0.1, 0.15) is 48.8 Å². The lowest BCUT2D eigenvalue weighted by atomic mass is 9.84. The third-order valence-electron chi connectivity index (χ3n) is 4.91. The summed E-state index contributed by atoms with van der Waals surface area (Å²) in [7, 11) is 1.56. The van der Waals surface area contributed by atoms with Crippen LogP contribution in [0.5, 0.6) is 0 Å². The predicted molar refractivity (Wildman–Crippen MR) is 98.9 cm³/mol. The standard InChI is InChI=1S/C19H23BrF3N3/c1-18(2,3)14-6-5-13-10-26(8-7-12(13)9-14)11-15-16(20)17(19(21,22)23)24-25(15)4/h5-6,9H,7-8,10-11H2,1-4H3. The molecule has 3 nitrogen and oxygen atoms in total.